The first-order valence-electron chi connectivity index (χ1n) is 5.17. The fourth-order valence-corrected chi connectivity index (χ4v) is 1.73. The summed E-state index contributed by atoms with van der Waals surface area (Å²) in [6.07, 6.45) is 1.97. The van der Waals surface area contributed by atoms with Gasteiger partial charge in [0, 0.05) is 30.5 Å². The molecule has 0 fully saturated rings. The summed E-state index contributed by atoms with van der Waals surface area (Å²) in [5.74, 6) is 0.904. The third kappa shape index (κ3) is 3.97. The second kappa shape index (κ2) is 6.92. The predicted molar refractivity (Wildman–Crippen MR) is 69.8 cm³/mol. The van der Waals surface area contributed by atoms with E-state index < -0.39 is 9.85 Å². The molecule has 0 bridgehead atoms. The Morgan fingerprint density at radius 2 is 2.00 bits per heavy atom. The van der Waals surface area contributed by atoms with Crippen molar-refractivity contribution in [2.75, 3.05) is 18.6 Å². The number of non-ortho nitro benzene ring substituents is 1. The van der Waals surface area contributed by atoms with Crippen molar-refractivity contribution in [1.29, 1.82) is 0 Å². The van der Waals surface area contributed by atoms with Crippen molar-refractivity contribution >= 4 is 23.1 Å². The lowest BCUT2D eigenvalue weighted by atomic mass is 10.1. The van der Waals surface area contributed by atoms with Crippen LogP contribution < -0.4 is 5.32 Å². The quantitative estimate of drug-likeness (QED) is 0.462. The molecule has 0 saturated heterocycles. The summed E-state index contributed by atoms with van der Waals surface area (Å²) in [5, 5.41) is 24.4. The van der Waals surface area contributed by atoms with Gasteiger partial charge in [0.25, 0.3) is 11.4 Å². The van der Waals surface area contributed by atoms with Gasteiger partial charge in [0.1, 0.15) is 0 Å². The molecule has 7 nitrogen and oxygen atoms in total. The number of thioether (sulfide) groups is 1. The average Bonchev–Trinajstić information content (AvgIpc) is 2.34. The molecule has 1 rings (SSSR count). The molecule has 0 aromatic heterocycles. The maximum Gasteiger partial charge on any atom is 0.280 e. The Kier molecular flexibility index (Phi) is 5.53. The molecule has 0 saturated carbocycles. The van der Waals surface area contributed by atoms with Crippen LogP contribution in [0.25, 0.3) is 0 Å². The normalized spacial score (nSPS) is 10.3. The zero-order valence-electron chi connectivity index (χ0n) is 9.79. The van der Waals surface area contributed by atoms with Crippen molar-refractivity contribution in [2.24, 2.45) is 0 Å². The Labute approximate surface area is 108 Å². The molecule has 0 aliphatic heterocycles. The van der Waals surface area contributed by atoms with Gasteiger partial charge in [-0.25, -0.2) is 0 Å². The van der Waals surface area contributed by atoms with E-state index in [4.69, 9.17) is 0 Å². The van der Waals surface area contributed by atoms with E-state index in [1.807, 2.05) is 6.26 Å². The lowest BCUT2D eigenvalue weighted by Gasteiger charge is -2.04. The first-order chi connectivity index (χ1) is 8.56. The fourth-order valence-electron chi connectivity index (χ4n) is 1.38. The minimum absolute atomic E-state index is 0.221. The van der Waals surface area contributed by atoms with E-state index in [2.05, 4.69) is 5.32 Å². The van der Waals surface area contributed by atoms with E-state index >= 15 is 0 Å². The van der Waals surface area contributed by atoms with Crippen LogP contribution in [0.3, 0.4) is 0 Å². The molecule has 0 amide bonds. The van der Waals surface area contributed by atoms with Crippen LogP contribution in [0.2, 0.25) is 0 Å². The lowest BCUT2D eigenvalue weighted by Crippen LogP contribution is -2.17. The highest BCUT2D eigenvalue weighted by Crippen LogP contribution is 2.24. The number of benzene rings is 1. The summed E-state index contributed by atoms with van der Waals surface area (Å²) < 4.78 is 0. The van der Waals surface area contributed by atoms with E-state index in [1.165, 1.54) is 12.1 Å². The third-order valence-corrected chi connectivity index (χ3v) is 2.89. The Morgan fingerprint density at radius 3 is 2.56 bits per heavy atom. The summed E-state index contributed by atoms with van der Waals surface area (Å²) in [7, 11) is 0. The lowest BCUT2D eigenvalue weighted by molar-refractivity contribution is -0.394. The van der Waals surface area contributed by atoms with Crippen LogP contribution in [-0.4, -0.2) is 28.4 Å². The van der Waals surface area contributed by atoms with E-state index in [0.29, 0.717) is 12.1 Å². The van der Waals surface area contributed by atoms with Crippen molar-refractivity contribution in [3.8, 4) is 0 Å². The number of nitrogens with one attached hydrogen (secondary N) is 1. The van der Waals surface area contributed by atoms with Crippen LogP contribution in [0.15, 0.2) is 18.2 Å². The Balaban J connectivity index is 2.83. The van der Waals surface area contributed by atoms with E-state index in [-0.39, 0.29) is 11.4 Å². The molecule has 18 heavy (non-hydrogen) atoms. The summed E-state index contributed by atoms with van der Waals surface area (Å²) in [6, 6.07) is 3.69. The largest absolute Gasteiger partial charge is 0.312 e. The van der Waals surface area contributed by atoms with Crippen molar-refractivity contribution in [3.05, 3.63) is 44.0 Å². The second-order valence-corrected chi connectivity index (χ2v) is 4.48. The summed E-state index contributed by atoms with van der Waals surface area (Å²) in [4.78, 5) is 20.1. The van der Waals surface area contributed by atoms with Crippen LogP contribution in [0.4, 0.5) is 11.4 Å². The molecule has 1 N–H and O–H groups in total. The molecule has 0 atom stereocenters. The monoisotopic (exact) mass is 271 g/mol. The maximum absolute atomic E-state index is 10.8. The van der Waals surface area contributed by atoms with Crippen LogP contribution in [0, 0.1) is 20.2 Å². The van der Waals surface area contributed by atoms with Gasteiger partial charge in [-0.3, -0.25) is 20.2 Å². The summed E-state index contributed by atoms with van der Waals surface area (Å²) >= 11 is 1.67. The van der Waals surface area contributed by atoms with Gasteiger partial charge in [-0.05, 0) is 12.3 Å². The molecule has 1 aromatic carbocycles. The number of hydrogen-bond donors (Lipinski definition) is 1. The molecular formula is C10H13N3O4S. The van der Waals surface area contributed by atoms with Crippen molar-refractivity contribution in [1.82, 2.24) is 5.32 Å². The van der Waals surface area contributed by atoms with Gasteiger partial charge >= 0.3 is 0 Å². The Hall–Kier alpha value is -1.67. The van der Waals surface area contributed by atoms with E-state index in [9.17, 15) is 20.2 Å². The van der Waals surface area contributed by atoms with Gasteiger partial charge in [0.15, 0.2) is 0 Å². The summed E-state index contributed by atoms with van der Waals surface area (Å²) in [6.45, 7) is 1.06. The molecule has 0 radical (unpaired) electrons. The maximum atomic E-state index is 10.8. The van der Waals surface area contributed by atoms with Gasteiger partial charge in [0.05, 0.1) is 15.9 Å². The number of hydrogen-bond acceptors (Lipinski definition) is 6. The highest BCUT2D eigenvalue weighted by atomic mass is 32.2. The predicted octanol–water partition coefficient (Wildman–Crippen LogP) is 1.96. The molecule has 98 valence electrons. The molecule has 0 unspecified atom stereocenters. The standard InChI is InChI=1S/C10H13N3O4S/c1-18-5-4-11-7-8-2-3-9(12(14)15)6-10(8)13(16)17/h2-3,6,11H,4-5,7H2,1H3. The number of nitrogens with zero attached hydrogens (tertiary/aromatic N) is 2. The van der Waals surface area contributed by atoms with Crippen LogP contribution in [0.5, 0.6) is 0 Å². The van der Waals surface area contributed by atoms with Crippen LogP contribution >= 0.6 is 11.8 Å². The first-order valence-corrected chi connectivity index (χ1v) is 6.57. The van der Waals surface area contributed by atoms with Gasteiger partial charge in [-0.15, -0.1) is 0 Å². The number of nitro groups is 2. The minimum atomic E-state index is -0.641. The summed E-state index contributed by atoms with van der Waals surface area (Å²) in [5.41, 5.74) is -0.0397. The molecule has 1 aromatic rings. The molecule has 0 spiro atoms. The highest BCUT2D eigenvalue weighted by molar-refractivity contribution is 7.98. The smallest absolute Gasteiger partial charge is 0.280 e. The minimum Gasteiger partial charge on any atom is -0.312 e. The number of rotatable bonds is 7. The first kappa shape index (κ1) is 14.4. The Morgan fingerprint density at radius 1 is 1.28 bits per heavy atom. The molecule has 8 heteroatoms. The van der Waals surface area contributed by atoms with Gasteiger partial charge in [0.2, 0.25) is 0 Å². The van der Waals surface area contributed by atoms with Gasteiger partial charge in [-0.2, -0.15) is 11.8 Å². The van der Waals surface area contributed by atoms with Crippen molar-refractivity contribution < 1.29 is 9.85 Å². The van der Waals surface area contributed by atoms with E-state index in [1.54, 1.807) is 11.8 Å². The van der Waals surface area contributed by atoms with Crippen molar-refractivity contribution in [2.45, 2.75) is 6.54 Å². The van der Waals surface area contributed by atoms with Crippen molar-refractivity contribution in [3.63, 3.8) is 0 Å². The zero-order valence-corrected chi connectivity index (χ0v) is 10.6. The highest BCUT2D eigenvalue weighted by Gasteiger charge is 2.18. The third-order valence-electron chi connectivity index (χ3n) is 2.27. The molecule has 0 aliphatic carbocycles. The SMILES string of the molecule is CSCCNCc1ccc([N+](=O)[O-])cc1[N+](=O)[O-]. The van der Waals surface area contributed by atoms with Gasteiger partial charge in [-0.1, -0.05) is 0 Å². The second-order valence-electron chi connectivity index (χ2n) is 3.50. The van der Waals surface area contributed by atoms with Crippen LogP contribution in [-0.2, 0) is 6.54 Å². The fraction of sp³-hybridized carbons (Fsp3) is 0.400. The Bertz CT molecular complexity index is 453. The van der Waals surface area contributed by atoms with E-state index in [0.717, 1.165) is 18.4 Å². The van der Waals surface area contributed by atoms with Gasteiger partial charge < -0.3 is 5.32 Å². The average molecular weight is 271 g/mol. The topological polar surface area (TPSA) is 98.3 Å². The van der Waals surface area contributed by atoms with Crippen LogP contribution in [0.1, 0.15) is 5.56 Å². The molecule has 0 aliphatic rings. The zero-order chi connectivity index (χ0) is 13.5. The number of nitro benzene ring substituents is 2. The molecular weight excluding hydrogens is 258 g/mol. The molecule has 0 heterocycles.